The molecule has 2 heterocycles. The zero-order chi connectivity index (χ0) is 25.3. The zero-order valence-electron chi connectivity index (χ0n) is 19.2. The molecule has 0 saturated carbocycles. The first-order valence-electron chi connectivity index (χ1n) is 11.6. The van der Waals surface area contributed by atoms with E-state index in [1.807, 2.05) is 60.7 Å². The third-order valence-corrected chi connectivity index (χ3v) is 6.75. The van der Waals surface area contributed by atoms with Crippen molar-refractivity contribution in [2.24, 2.45) is 0 Å². The predicted molar refractivity (Wildman–Crippen MR) is 126 cm³/mol. The largest absolute Gasteiger partial charge is 0.431 e. The number of halogens is 3. The van der Waals surface area contributed by atoms with Crippen molar-refractivity contribution >= 4 is 12.1 Å². The van der Waals surface area contributed by atoms with Gasteiger partial charge < -0.3 is 15.0 Å². The Morgan fingerprint density at radius 1 is 0.917 bits per heavy atom. The molecule has 2 aliphatic rings. The summed E-state index contributed by atoms with van der Waals surface area (Å²) in [4.78, 5) is 29.3. The summed E-state index contributed by atoms with van der Waals surface area (Å²) >= 11 is 0. The molecular formula is C27H24F3N3O3. The molecule has 6 nitrogen and oxygen atoms in total. The van der Waals surface area contributed by atoms with Crippen molar-refractivity contribution in [3.05, 3.63) is 107 Å². The third kappa shape index (κ3) is 4.25. The number of hydrogen-bond acceptors (Lipinski definition) is 3. The number of alkyl halides is 3. The lowest BCUT2D eigenvalue weighted by Crippen LogP contribution is -2.59. The molecule has 9 heteroatoms. The van der Waals surface area contributed by atoms with E-state index in [4.69, 9.17) is 4.74 Å². The van der Waals surface area contributed by atoms with Crippen molar-refractivity contribution in [3.8, 4) is 0 Å². The van der Waals surface area contributed by atoms with Gasteiger partial charge in [-0.3, -0.25) is 4.90 Å². The van der Waals surface area contributed by atoms with Crippen LogP contribution in [0.2, 0.25) is 0 Å². The molecule has 1 atom stereocenters. The maximum Gasteiger partial charge on any atom is 0.416 e. The lowest BCUT2D eigenvalue weighted by molar-refractivity contribution is -0.137. The summed E-state index contributed by atoms with van der Waals surface area (Å²) in [5, 5.41) is 2.79. The lowest BCUT2D eigenvalue weighted by Gasteiger charge is -2.42. The molecule has 3 aromatic rings. The number of amides is 3. The number of urea groups is 1. The first-order chi connectivity index (χ1) is 17.3. The molecular weight excluding hydrogens is 471 g/mol. The number of nitrogens with zero attached hydrogens (tertiary/aromatic N) is 2. The SMILES string of the molecule is O=C(NCc1ccc(C(F)(F)F)cc1)N1CCN2C(=O)OC(c3ccccc3)(c3ccccc3)C2C1. The Bertz CT molecular complexity index is 1190. The highest BCUT2D eigenvalue weighted by Gasteiger charge is 2.58. The van der Waals surface area contributed by atoms with Crippen molar-refractivity contribution in [2.75, 3.05) is 19.6 Å². The average Bonchev–Trinajstić information content (AvgIpc) is 3.20. The standard InChI is InChI=1S/C27H24F3N3O3/c28-27(29,30)22-13-11-19(12-14-22)17-31-24(34)32-15-16-33-23(18-32)26(36-25(33)35,20-7-3-1-4-8-20)21-9-5-2-6-10-21/h1-14,23H,15-18H2,(H,31,34). The number of nitrogens with one attached hydrogen (secondary N) is 1. The molecule has 0 spiro atoms. The van der Waals surface area contributed by atoms with Crippen LogP contribution in [0.15, 0.2) is 84.9 Å². The van der Waals surface area contributed by atoms with E-state index in [9.17, 15) is 22.8 Å². The highest BCUT2D eigenvalue weighted by atomic mass is 19.4. The van der Waals surface area contributed by atoms with Gasteiger partial charge in [0.2, 0.25) is 0 Å². The van der Waals surface area contributed by atoms with Crippen LogP contribution in [0.1, 0.15) is 22.3 Å². The van der Waals surface area contributed by atoms with E-state index in [0.717, 1.165) is 23.3 Å². The monoisotopic (exact) mass is 495 g/mol. The minimum atomic E-state index is -4.41. The number of piperazine rings is 1. The zero-order valence-corrected chi connectivity index (χ0v) is 19.2. The van der Waals surface area contributed by atoms with Crippen LogP contribution in [0, 0.1) is 0 Å². The molecule has 0 bridgehead atoms. The Balaban J connectivity index is 1.37. The van der Waals surface area contributed by atoms with E-state index >= 15 is 0 Å². The van der Waals surface area contributed by atoms with Gasteiger partial charge in [-0.1, -0.05) is 72.8 Å². The molecule has 1 N–H and O–H groups in total. The Labute approximate surface area is 206 Å². The fourth-order valence-electron chi connectivity index (χ4n) is 4.94. The van der Waals surface area contributed by atoms with E-state index in [1.165, 1.54) is 12.1 Å². The smallest absolute Gasteiger partial charge is 0.416 e. The molecule has 3 aromatic carbocycles. The number of cyclic esters (lactones) is 1. The predicted octanol–water partition coefficient (Wildman–Crippen LogP) is 5.00. The van der Waals surface area contributed by atoms with Crippen molar-refractivity contribution in [1.82, 2.24) is 15.1 Å². The number of carbonyl (C=O) groups excluding carboxylic acids is 2. The van der Waals surface area contributed by atoms with Gasteiger partial charge in [0.1, 0.15) is 6.04 Å². The van der Waals surface area contributed by atoms with Gasteiger partial charge in [-0.15, -0.1) is 0 Å². The van der Waals surface area contributed by atoms with Gasteiger partial charge in [-0.05, 0) is 17.7 Å². The molecule has 186 valence electrons. The van der Waals surface area contributed by atoms with Gasteiger partial charge >= 0.3 is 18.3 Å². The topological polar surface area (TPSA) is 61.9 Å². The van der Waals surface area contributed by atoms with E-state index in [-0.39, 0.29) is 19.1 Å². The minimum Gasteiger partial charge on any atom is -0.431 e. The summed E-state index contributed by atoms with van der Waals surface area (Å²) in [6.45, 7) is 0.927. The normalized spacial score (nSPS) is 19.0. The van der Waals surface area contributed by atoms with Crippen molar-refractivity contribution in [2.45, 2.75) is 24.4 Å². The Morgan fingerprint density at radius 3 is 2.06 bits per heavy atom. The quantitative estimate of drug-likeness (QED) is 0.555. The third-order valence-electron chi connectivity index (χ3n) is 6.75. The molecule has 2 aliphatic heterocycles. The number of benzene rings is 3. The molecule has 0 aliphatic carbocycles. The summed E-state index contributed by atoms with van der Waals surface area (Å²) < 4.78 is 44.5. The van der Waals surface area contributed by atoms with Crippen molar-refractivity contribution < 1.29 is 27.5 Å². The second-order valence-electron chi connectivity index (χ2n) is 8.84. The fourth-order valence-corrected chi connectivity index (χ4v) is 4.94. The molecule has 5 rings (SSSR count). The first kappa shape index (κ1) is 23.7. The van der Waals surface area contributed by atoms with Crippen LogP contribution in [0.3, 0.4) is 0 Å². The summed E-state index contributed by atoms with van der Waals surface area (Å²) in [6, 6.07) is 22.8. The highest BCUT2D eigenvalue weighted by Crippen LogP contribution is 2.45. The van der Waals surface area contributed by atoms with Crippen molar-refractivity contribution in [1.29, 1.82) is 0 Å². The van der Waals surface area contributed by atoms with E-state index in [1.54, 1.807) is 9.80 Å². The summed E-state index contributed by atoms with van der Waals surface area (Å²) in [7, 11) is 0. The summed E-state index contributed by atoms with van der Waals surface area (Å²) in [6.07, 6.45) is -4.84. The fraction of sp³-hybridized carbons (Fsp3) is 0.259. The molecule has 2 fully saturated rings. The van der Waals surface area contributed by atoms with Crippen molar-refractivity contribution in [3.63, 3.8) is 0 Å². The molecule has 36 heavy (non-hydrogen) atoms. The van der Waals surface area contributed by atoms with Gasteiger partial charge in [0.05, 0.1) is 5.56 Å². The second kappa shape index (κ2) is 9.22. The van der Waals surface area contributed by atoms with Gasteiger partial charge in [-0.25, -0.2) is 9.59 Å². The van der Waals surface area contributed by atoms with Crippen LogP contribution in [0.25, 0.3) is 0 Å². The van der Waals surface area contributed by atoms with Crippen LogP contribution < -0.4 is 5.32 Å². The Hall–Kier alpha value is -4.01. The maximum absolute atomic E-state index is 13.0. The maximum atomic E-state index is 13.0. The van der Waals surface area contributed by atoms with Crippen LogP contribution in [0.4, 0.5) is 22.8 Å². The molecule has 0 aromatic heterocycles. The number of hydrogen-bond donors (Lipinski definition) is 1. The van der Waals surface area contributed by atoms with E-state index < -0.39 is 29.5 Å². The van der Waals surface area contributed by atoms with Crippen LogP contribution in [-0.2, 0) is 23.1 Å². The summed E-state index contributed by atoms with van der Waals surface area (Å²) in [5.74, 6) is 0. The molecule has 1 unspecified atom stereocenters. The first-order valence-corrected chi connectivity index (χ1v) is 11.6. The molecule has 2 saturated heterocycles. The highest BCUT2D eigenvalue weighted by molar-refractivity contribution is 5.77. The number of carbonyl (C=O) groups is 2. The van der Waals surface area contributed by atoms with E-state index in [2.05, 4.69) is 5.32 Å². The van der Waals surface area contributed by atoms with Gasteiger partial charge in [0, 0.05) is 37.3 Å². The second-order valence-corrected chi connectivity index (χ2v) is 8.84. The van der Waals surface area contributed by atoms with Crippen LogP contribution >= 0.6 is 0 Å². The minimum absolute atomic E-state index is 0.0831. The number of rotatable bonds is 4. The lowest BCUT2D eigenvalue weighted by atomic mass is 9.79. The van der Waals surface area contributed by atoms with Gasteiger partial charge in [0.25, 0.3) is 0 Å². The number of fused-ring (bicyclic) bond motifs is 1. The van der Waals surface area contributed by atoms with Crippen LogP contribution in [-0.4, -0.2) is 47.6 Å². The summed E-state index contributed by atoms with van der Waals surface area (Å²) in [5.41, 5.74) is 0.342. The van der Waals surface area contributed by atoms with Gasteiger partial charge in [-0.2, -0.15) is 13.2 Å². The average molecular weight is 496 g/mol. The molecule has 3 amide bonds. The Kier molecular flexibility index (Phi) is 6.07. The molecule has 0 radical (unpaired) electrons. The Morgan fingerprint density at radius 2 is 1.50 bits per heavy atom. The van der Waals surface area contributed by atoms with Gasteiger partial charge in [0.15, 0.2) is 5.60 Å². The van der Waals surface area contributed by atoms with Crippen LogP contribution in [0.5, 0.6) is 0 Å². The number of ether oxygens (including phenoxy) is 1. The van der Waals surface area contributed by atoms with E-state index in [0.29, 0.717) is 18.7 Å².